The third-order valence-electron chi connectivity index (χ3n) is 4.82. The van der Waals surface area contributed by atoms with Gasteiger partial charge in [-0.2, -0.15) is 0 Å². The molecule has 20 heavy (non-hydrogen) atoms. The van der Waals surface area contributed by atoms with E-state index in [4.69, 9.17) is 4.74 Å². The molecule has 1 atom stereocenters. The fourth-order valence-electron chi connectivity index (χ4n) is 3.17. The Morgan fingerprint density at radius 1 is 0.950 bits per heavy atom. The van der Waals surface area contributed by atoms with Crippen molar-refractivity contribution in [2.75, 3.05) is 0 Å². The minimum absolute atomic E-state index is 0.00632. The number of rotatable bonds is 3. The van der Waals surface area contributed by atoms with Crippen LogP contribution in [0.1, 0.15) is 87.0 Å². The lowest BCUT2D eigenvalue weighted by Crippen LogP contribution is -2.45. The largest absolute Gasteiger partial charge is 0.462 e. The molecular formula is C18H34O2. The maximum atomic E-state index is 12.8. The lowest BCUT2D eigenvalue weighted by molar-refractivity contribution is -0.172. The standard InChI is InChI=1S/C18H34O2/c1-16(2,3)13-18(7,17(4,5)6)15(19)20-14-11-9-8-10-12-14/h14H,8-13H2,1-7H3/t18-/m0/s1. The van der Waals surface area contributed by atoms with Crippen molar-refractivity contribution in [1.82, 2.24) is 0 Å². The molecule has 0 radical (unpaired) electrons. The van der Waals surface area contributed by atoms with Crippen molar-refractivity contribution in [2.45, 2.75) is 93.1 Å². The van der Waals surface area contributed by atoms with E-state index < -0.39 is 5.41 Å². The van der Waals surface area contributed by atoms with Crippen LogP contribution in [-0.2, 0) is 9.53 Å². The minimum Gasteiger partial charge on any atom is -0.462 e. The summed E-state index contributed by atoms with van der Waals surface area (Å²) in [5, 5.41) is 0. The molecule has 0 aliphatic heterocycles. The molecular weight excluding hydrogens is 248 g/mol. The smallest absolute Gasteiger partial charge is 0.312 e. The van der Waals surface area contributed by atoms with Gasteiger partial charge in [-0.3, -0.25) is 4.79 Å². The molecule has 1 aliphatic carbocycles. The summed E-state index contributed by atoms with van der Waals surface area (Å²) < 4.78 is 5.89. The van der Waals surface area contributed by atoms with Gasteiger partial charge in [-0.1, -0.05) is 48.0 Å². The van der Waals surface area contributed by atoms with Gasteiger partial charge in [0.25, 0.3) is 0 Å². The highest BCUT2D eigenvalue weighted by Gasteiger charge is 2.48. The Hall–Kier alpha value is -0.530. The van der Waals surface area contributed by atoms with E-state index in [1.807, 2.05) is 0 Å². The molecule has 2 heteroatoms. The highest BCUT2D eigenvalue weighted by atomic mass is 16.5. The molecule has 0 bridgehead atoms. The fourth-order valence-corrected chi connectivity index (χ4v) is 3.17. The molecule has 1 saturated carbocycles. The summed E-state index contributed by atoms with van der Waals surface area (Å²) in [6, 6.07) is 0. The van der Waals surface area contributed by atoms with Crippen LogP contribution in [0.25, 0.3) is 0 Å². The lowest BCUT2D eigenvalue weighted by Gasteiger charge is -2.44. The van der Waals surface area contributed by atoms with E-state index in [1.54, 1.807) is 0 Å². The number of carbonyl (C=O) groups is 1. The molecule has 0 amide bonds. The first-order valence-electron chi connectivity index (χ1n) is 8.17. The van der Waals surface area contributed by atoms with Crippen molar-refractivity contribution < 1.29 is 9.53 Å². The Labute approximate surface area is 125 Å². The summed E-state index contributed by atoms with van der Waals surface area (Å²) in [5.74, 6) is 0.00632. The Bertz CT molecular complexity index is 326. The van der Waals surface area contributed by atoms with Crippen molar-refractivity contribution in [2.24, 2.45) is 16.2 Å². The second-order valence-corrected chi connectivity index (χ2v) is 8.98. The predicted octanol–water partition coefficient (Wildman–Crippen LogP) is 5.35. The van der Waals surface area contributed by atoms with E-state index in [2.05, 4.69) is 48.5 Å². The zero-order valence-corrected chi connectivity index (χ0v) is 14.6. The molecule has 0 saturated heterocycles. The number of esters is 1. The molecule has 0 unspecified atom stereocenters. The van der Waals surface area contributed by atoms with Gasteiger partial charge in [0, 0.05) is 0 Å². The SMILES string of the molecule is CC(C)(C)C[C@@](C)(C(=O)OC1CCCCC1)C(C)(C)C. The van der Waals surface area contributed by atoms with Gasteiger partial charge in [0.2, 0.25) is 0 Å². The molecule has 0 N–H and O–H groups in total. The van der Waals surface area contributed by atoms with Crippen LogP contribution in [0.4, 0.5) is 0 Å². The first-order valence-corrected chi connectivity index (χ1v) is 8.17. The summed E-state index contributed by atoms with van der Waals surface area (Å²) >= 11 is 0. The van der Waals surface area contributed by atoms with Crippen LogP contribution in [0.3, 0.4) is 0 Å². The first-order chi connectivity index (χ1) is 8.96. The van der Waals surface area contributed by atoms with Crippen LogP contribution in [0.15, 0.2) is 0 Å². The Morgan fingerprint density at radius 2 is 1.45 bits per heavy atom. The van der Waals surface area contributed by atoms with Gasteiger partial charge in [0.15, 0.2) is 0 Å². The number of hydrogen-bond donors (Lipinski definition) is 0. The zero-order chi connectivity index (χ0) is 15.6. The van der Waals surface area contributed by atoms with Gasteiger partial charge in [0.1, 0.15) is 6.10 Å². The van der Waals surface area contributed by atoms with Crippen LogP contribution >= 0.6 is 0 Å². The van der Waals surface area contributed by atoms with E-state index in [1.165, 1.54) is 19.3 Å². The first kappa shape index (κ1) is 17.5. The molecule has 1 aliphatic rings. The summed E-state index contributed by atoms with van der Waals surface area (Å²) in [7, 11) is 0. The van der Waals surface area contributed by atoms with Crippen LogP contribution < -0.4 is 0 Å². The molecule has 118 valence electrons. The molecule has 2 nitrogen and oxygen atoms in total. The van der Waals surface area contributed by atoms with Crippen molar-refractivity contribution in [3.05, 3.63) is 0 Å². The second-order valence-electron chi connectivity index (χ2n) is 8.98. The average Bonchev–Trinajstić information content (AvgIpc) is 2.26. The second kappa shape index (κ2) is 6.07. The summed E-state index contributed by atoms with van der Waals surface area (Å²) in [6.07, 6.45) is 6.77. The van der Waals surface area contributed by atoms with Crippen LogP contribution in [0, 0.1) is 16.2 Å². The summed E-state index contributed by atoms with van der Waals surface area (Å²) in [6.45, 7) is 15.1. The highest BCUT2D eigenvalue weighted by Crippen LogP contribution is 2.47. The normalized spacial score (nSPS) is 21.4. The van der Waals surface area contributed by atoms with Crippen LogP contribution in [-0.4, -0.2) is 12.1 Å². The van der Waals surface area contributed by atoms with Gasteiger partial charge in [-0.25, -0.2) is 0 Å². The molecule has 0 aromatic rings. The van der Waals surface area contributed by atoms with Crippen LogP contribution in [0.5, 0.6) is 0 Å². The highest BCUT2D eigenvalue weighted by molar-refractivity contribution is 5.77. The van der Waals surface area contributed by atoms with Gasteiger partial charge in [0.05, 0.1) is 5.41 Å². The van der Waals surface area contributed by atoms with Crippen molar-refractivity contribution >= 4 is 5.97 Å². The maximum Gasteiger partial charge on any atom is 0.312 e. The van der Waals surface area contributed by atoms with Crippen molar-refractivity contribution in [3.8, 4) is 0 Å². The van der Waals surface area contributed by atoms with E-state index in [9.17, 15) is 4.79 Å². The van der Waals surface area contributed by atoms with E-state index in [-0.39, 0.29) is 22.9 Å². The lowest BCUT2D eigenvalue weighted by atomic mass is 9.61. The van der Waals surface area contributed by atoms with Gasteiger partial charge in [-0.05, 0) is 49.9 Å². The van der Waals surface area contributed by atoms with Gasteiger partial charge in [-0.15, -0.1) is 0 Å². The third kappa shape index (κ3) is 4.49. The Kier molecular flexibility index (Phi) is 5.32. The number of ether oxygens (including phenoxy) is 1. The van der Waals surface area contributed by atoms with Crippen LogP contribution in [0.2, 0.25) is 0 Å². The maximum absolute atomic E-state index is 12.8. The molecule has 0 heterocycles. The Morgan fingerprint density at radius 3 is 1.85 bits per heavy atom. The van der Waals surface area contributed by atoms with Gasteiger partial charge < -0.3 is 4.74 Å². The van der Waals surface area contributed by atoms with E-state index in [0.717, 1.165) is 19.3 Å². The van der Waals surface area contributed by atoms with Gasteiger partial charge >= 0.3 is 5.97 Å². The number of hydrogen-bond acceptors (Lipinski definition) is 2. The fraction of sp³-hybridized carbons (Fsp3) is 0.944. The molecule has 1 fully saturated rings. The zero-order valence-electron chi connectivity index (χ0n) is 14.6. The molecule has 0 aromatic carbocycles. The molecule has 1 rings (SSSR count). The third-order valence-corrected chi connectivity index (χ3v) is 4.82. The number of carbonyl (C=O) groups excluding carboxylic acids is 1. The molecule has 0 aromatic heterocycles. The summed E-state index contributed by atoms with van der Waals surface area (Å²) in [4.78, 5) is 12.8. The van der Waals surface area contributed by atoms with Crippen molar-refractivity contribution in [3.63, 3.8) is 0 Å². The minimum atomic E-state index is -0.428. The Balaban J connectivity index is 2.84. The van der Waals surface area contributed by atoms with E-state index >= 15 is 0 Å². The quantitative estimate of drug-likeness (QED) is 0.652. The monoisotopic (exact) mass is 282 g/mol. The predicted molar refractivity (Wildman–Crippen MR) is 84.6 cm³/mol. The topological polar surface area (TPSA) is 26.3 Å². The average molecular weight is 282 g/mol. The molecule has 0 spiro atoms. The van der Waals surface area contributed by atoms with Crippen molar-refractivity contribution in [1.29, 1.82) is 0 Å². The van der Waals surface area contributed by atoms with E-state index in [0.29, 0.717) is 0 Å². The summed E-state index contributed by atoms with van der Waals surface area (Å²) in [5.41, 5.74) is -0.400.